The van der Waals surface area contributed by atoms with Gasteiger partial charge in [0.05, 0.1) is 12.2 Å². The summed E-state index contributed by atoms with van der Waals surface area (Å²) in [6.07, 6.45) is 3.67. The Morgan fingerprint density at radius 2 is 2.06 bits per heavy atom. The van der Waals surface area contributed by atoms with E-state index in [0.717, 1.165) is 18.8 Å². The van der Waals surface area contributed by atoms with Gasteiger partial charge >= 0.3 is 0 Å². The van der Waals surface area contributed by atoms with Crippen LogP contribution in [0.4, 0.5) is 0 Å². The first-order valence-electron chi connectivity index (χ1n) is 6.61. The van der Waals surface area contributed by atoms with Gasteiger partial charge < -0.3 is 10.3 Å². The molecule has 1 aliphatic rings. The molecule has 0 amide bonds. The molecular formula is C14H25N3. The van der Waals surface area contributed by atoms with Gasteiger partial charge in [0, 0.05) is 16.6 Å². The third-order valence-electron chi connectivity index (χ3n) is 3.48. The van der Waals surface area contributed by atoms with E-state index in [-0.39, 0.29) is 11.0 Å². The quantitative estimate of drug-likeness (QED) is 0.827. The minimum absolute atomic E-state index is 0.142. The first-order chi connectivity index (χ1) is 7.78. The van der Waals surface area contributed by atoms with Crippen molar-refractivity contribution in [1.82, 2.24) is 15.3 Å². The summed E-state index contributed by atoms with van der Waals surface area (Å²) >= 11 is 0. The first kappa shape index (κ1) is 12.6. The van der Waals surface area contributed by atoms with E-state index in [2.05, 4.69) is 44.9 Å². The summed E-state index contributed by atoms with van der Waals surface area (Å²) in [5.41, 5.74) is 3.02. The normalized spacial score (nSPS) is 19.1. The van der Waals surface area contributed by atoms with E-state index in [1.54, 1.807) is 0 Å². The van der Waals surface area contributed by atoms with Crippen LogP contribution in [0.15, 0.2) is 0 Å². The highest BCUT2D eigenvalue weighted by Gasteiger charge is 2.30. The largest absolute Gasteiger partial charge is 0.345 e. The van der Waals surface area contributed by atoms with Gasteiger partial charge in [0.15, 0.2) is 0 Å². The highest BCUT2D eigenvalue weighted by Crippen LogP contribution is 2.35. The number of aromatic nitrogens is 2. The first-order valence-corrected chi connectivity index (χ1v) is 6.61. The summed E-state index contributed by atoms with van der Waals surface area (Å²) in [6.45, 7) is 12.0. The summed E-state index contributed by atoms with van der Waals surface area (Å²) in [7, 11) is 0. The number of aryl methyl sites for hydroxylation is 1. The van der Waals surface area contributed by atoms with E-state index in [9.17, 15) is 0 Å². The lowest BCUT2D eigenvalue weighted by Gasteiger charge is -2.28. The molecule has 1 aromatic heterocycles. The Morgan fingerprint density at radius 3 is 2.65 bits per heavy atom. The van der Waals surface area contributed by atoms with Gasteiger partial charge in [-0.2, -0.15) is 0 Å². The number of rotatable bonds is 2. The summed E-state index contributed by atoms with van der Waals surface area (Å²) in [5, 5.41) is 3.48. The second-order valence-electron chi connectivity index (χ2n) is 6.85. The fraction of sp³-hybridized carbons (Fsp3) is 0.786. The second kappa shape index (κ2) is 4.13. The van der Waals surface area contributed by atoms with Crippen LogP contribution in [0.2, 0.25) is 0 Å². The Hall–Kier alpha value is -0.830. The van der Waals surface area contributed by atoms with E-state index in [0.29, 0.717) is 0 Å². The van der Waals surface area contributed by atoms with Gasteiger partial charge in [0.2, 0.25) is 0 Å². The van der Waals surface area contributed by atoms with E-state index in [1.807, 2.05) is 0 Å². The molecule has 1 aromatic rings. The van der Waals surface area contributed by atoms with Crippen molar-refractivity contribution < 1.29 is 0 Å². The molecule has 0 bridgehead atoms. The molecule has 0 atom stereocenters. The molecule has 96 valence electrons. The Labute approximate surface area is 104 Å². The van der Waals surface area contributed by atoms with Crippen LogP contribution in [0.25, 0.3) is 0 Å². The van der Waals surface area contributed by atoms with Gasteiger partial charge in [-0.05, 0) is 40.0 Å². The smallest absolute Gasteiger partial charge is 0.120 e. The topological polar surface area (TPSA) is 40.7 Å². The van der Waals surface area contributed by atoms with Crippen LogP contribution < -0.4 is 5.32 Å². The Kier molecular flexibility index (Phi) is 3.06. The zero-order valence-electron chi connectivity index (χ0n) is 11.8. The molecule has 2 N–H and O–H groups in total. The molecule has 0 radical (unpaired) electrons. The summed E-state index contributed by atoms with van der Waals surface area (Å²) in [6, 6.07) is 0. The number of nitrogens with zero attached hydrogens (tertiary/aromatic N) is 1. The van der Waals surface area contributed by atoms with Gasteiger partial charge in [-0.15, -0.1) is 0 Å². The fourth-order valence-electron chi connectivity index (χ4n) is 2.46. The molecule has 0 fully saturated rings. The minimum atomic E-state index is 0.142. The molecular weight excluding hydrogens is 210 g/mol. The monoisotopic (exact) mass is 235 g/mol. The number of aromatic amines is 1. The van der Waals surface area contributed by atoms with Gasteiger partial charge in [-0.1, -0.05) is 13.8 Å². The van der Waals surface area contributed by atoms with Crippen molar-refractivity contribution in [2.24, 2.45) is 0 Å². The molecule has 1 heterocycles. The number of H-pyrrole nitrogens is 1. The van der Waals surface area contributed by atoms with E-state index in [4.69, 9.17) is 4.98 Å². The van der Waals surface area contributed by atoms with Crippen molar-refractivity contribution in [3.8, 4) is 0 Å². The van der Waals surface area contributed by atoms with Crippen molar-refractivity contribution in [2.45, 2.75) is 71.4 Å². The van der Waals surface area contributed by atoms with E-state index < -0.39 is 0 Å². The lowest BCUT2D eigenvalue weighted by atomic mass is 9.78. The molecule has 1 aliphatic carbocycles. The predicted octanol–water partition coefficient (Wildman–Crippen LogP) is 2.91. The number of imidazole rings is 1. The van der Waals surface area contributed by atoms with Crippen LogP contribution in [-0.2, 0) is 18.4 Å². The molecule has 0 unspecified atom stereocenters. The Morgan fingerprint density at radius 1 is 1.35 bits per heavy atom. The van der Waals surface area contributed by atoms with Gasteiger partial charge in [0.1, 0.15) is 5.82 Å². The number of hydrogen-bond acceptors (Lipinski definition) is 2. The Balaban J connectivity index is 2.15. The number of fused-ring (bicyclic) bond motifs is 1. The van der Waals surface area contributed by atoms with E-state index >= 15 is 0 Å². The Bertz CT molecular complexity index is 396. The third kappa shape index (κ3) is 2.89. The molecule has 0 aliphatic heterocycles. The zero-order valence-corrected chi connectivity index (χ0v) is 11.8. The van der Waals surface area contributed by atoms with Crippen molar-refractivity contribution in [2.75, 3.05) is 0 Å². The lowest BCUT2D eigenvalue weighted by molar-refractivity contribution is 0.414. The molecule has 0 aromatic carbocycles. The van der Waals surface area contributed by atoms with Crippen LogP contribution in [0.5, 0.6) is 0 Å². The van der Waals surface area contributed by atoms with Gasteiger partial charge in [-0.25, -0.2) is 4.98 Å². The lowest BCUT2D eigenvalue weighted by Crippen LogP contribution is -2.35. The van der Waals surface area contributed by atoms with Crippen LogP contribution in [0.3, 0.4) is 0 Å². The standard InChI is InChI=1S/C14H25N3/c1-13(2,3)15-9-11-16-10-7-6-8-14(4,5)12(10)17-11/h15H,6-9H2,1-5H3,(H,16,17). The van der Waals surface area contributed by atoms with Crippen LogP contribution in [0, 0.1) is 0 Å². The molecule has 0 saturated heterocycles. The molecule has 3 nitrogen and oxygen atoms in total. The fourth-order valence-corrected chi connectivity index (χ4v) is 2.46. The summed E-state index contributed by atoms with van der Waals surface area (Å²) < 4.78 is 0. The van der Waals surface area contributed by atoms with Crippen LogP contribution >= 0.6 is 0 Å². The third-order valence-corrected chi connectivity index (χ3v) is 3.48. The maximum absolute atomic E-state index is 4.79. The van der Waals surface area contributed by atoms with Crippen molar-refractivity contribution in [3.63, 3.8) is 0 Å². The molecule has 0 saturated carbocycles. The zero-order chi connectivity index (χ0) is 12.7. The highest BCUT2D eigenvalue weighted by molar-refractivity contribution is 5.26. The van der Waals surface area contributed by atoms with E-state index in [1.165, 1.54) is 24.2 Å². The molecule has 2 rings (SSSR count). The SMILES string of the molecule is CC(C)(C)NCc1nc2c([nH]1)CCCC2(C)C. The summed E-state index contributed by atoms with van der Waals surface area (Å²) in [5.74, 6) is 1.08. The second-order valence-corrected chi connectivity index (χ2v) is 6.85. The summed E-state index contributed by atoms with van der Waals surface area (Å²) in [4.78, 5) is 8.28. The minimum Gasteiger partial charge on any atom is -0.345 e. The van der Waals surface area contributed by atoms with Crippen LogP contribution in [-0.4, -0.2) is 15.5 Å². The molecule has 17 heavy (non-hydrogen) atoms. The maximum Gasteiger partial charge on any atom is 0.120 e. The van der Waals surface area contributed by atoms with Gasteiger partial charge in [-0.3, -0.25) is 0 Å². The molecule has 3 heteroatoms. The van der Waals surface area contributed by atoms with Crippen molar-refractivity contribution in [3.05, 3.63) is 17.2 Å². The van der Waals surface area contributed by atoms with Gasteiger partial charge in [0.25, 0.3) is 0 Å². The van der Waals surface area contributed by atoms with Crippen molar-refractivity contribution in [1.29, 1.82) is 0 Å². The van der Waals surface area contributed by atoms with Crippen LogP contribution in [0.1, 0.15) is 64.7 Å². The number of hydrogen-bond donors (Lipinski definition) is 2. The molecule has 0 spiro atoms. The average Bonchev–Trinajstić information content (AvgIpc) is 2.58. The highest BCUT2D eigenvalue weighted by atomic mass is 15.0. The average molecular weight is 235 g/mol. The number of nitrogens with one attached hydrogen (secondary N) is 2. The van der Waals surface area contributed by atoms with Crippen molar-refractivity contribution >= 4 is 0 Å². The maximum atomic E-state index is 4.79. The predicted molar refractivity (Wildman–Crippen MR) is 71.1 cm³/mol.